The van der Waals surface area contributed by atoms with Crippen LogP contribution in [0.2, 0.25) is 0 Å². The Bertz CT molecular complexity index is 816. The predicted octanol–water partition coefficient (Wildman–Crippen LogP) is 2.69. The number of carbonyl (C=O) groups is 2. The second kappa shape index (κ2) is 8.78. The molecule has 2 N–H and O–H groups in total. The van der Waals surface area contributed by atoms with Gasteiger partial charge in [-0.3, -0.25) is 9.59 Å². The summed E-state index contributed by atoms with van der Waals surface area (Å²) in [5.41, 5.74) is 2.95. The van der Waals surface area contributed by atoms with E-state index in [1.54, 1.807) is 7.11 Å². The molecule has 0 aliphatic heterocycles. The Balaban J connectivity index is 1.41. The third-order valence-electron chi connectivity index (χ3n) is 4.99. The largest absolute Gasteiger partial charge is 0.497 e. The minimum absolute atomic E-state index is 0.0448. The fraction of sp³-hybridized carbons (Fsp3) is 0.364. The van der Waals surface area contributed by atoms with Crippen LogP contribution in [-0.2, 0) is 16.0 Å². The van der Waals surface area contributed by atoms with Gasteiger partial charge in [0.25, 0.3) is 0 Å². The summed E-state index contributed by atoms with van der Waals surface area (Å²) >= 11 is 0. The van der Waals surface area contributed by atoms with Crippen molar-refractivity contribution in [3.63, 3.8) is 0 Å². The first-order chi connectivity index (χ1) is 13.5. The summed E-state index contributed by atoms with van der Waals surface area (Å²) in [5, 5.41) is 5.83. The SMILES string of the molecule is COc1ccc(CCNC(=O)C2CC2C(=O)Nc2ccc(N(C)C)cc2)cc1. The monoisotopic (exact) mass is 381 g/mol. The van der Waals surface area contributed by atoms with Crippen molar-refractivity contribution >= 4 is 23.2 Å². The third-order valence-corrected chi connectivity index (χ3v) is 4.99. The third kappa shape index (κ3) is 5.03. The van der Waals surface area contributed by atoms with E-state index < -0.39 is 0 Å². The maximum absolute atomic E-state index is 12.4. The number of amides is 2. The molecular weight excluding hydrogens is 354 g/mol. The van der Waals surface area contributed by atoms with E-state index >= 15 is 0 Å². The molecular formula is C22H27N3O3. The Morgan fingerprint density at radius 1 is 1.00 bits per heavy atom. The average molecular weight is 381 g/mol. The number of rotatable bonds is 8. The van der Waals surface area contributed by atoms with Crippen LogP contribution in [0.3, 0.4) is 0 Å². The summed E-state index contributed by atoms with van der Waals surface area (Å²) in [4.78, 5) is 26.6. The van der Waals surface area contributed by atoms with E-state index in [1.807, 2.05) is 67.5 Å². The van der Waals surface area contributed by atoms with Gasteiger partial charge < -0.3 is 20.3 Å². The Labute approximate surface area is 165 Å². The zero-order valence-electron chi connectivity index (χ0n) is 16.6. The van der Waals surface area contributed by atoms with E-state index in [-0.39, 0.29) is 23.7 Å². The van der Waals surface area contributed by atoms with Crippen LogP contribution in [0.1, 0.15) is 12.0 Å². The van der Waals surface area contributed by atoms with E-state index in [1.165, 1.54) is 0 Å². The molecule has 2 unspecified atom stereocenters. The summed E-state index contributed by atoms with van der Waals surface area (Å²) in [6.45, 7) is 0.558. The van der Waals surface area contributed by atoms with E-state index in [0.717, 1.165) is 29.1 Å². The molecule has 0 heterocycles. The van der Waals surface area contributed by atoms with Crippen molar-refractivity contribution < 1.29 is 14.3 Å². The first-order valence-corrected chi connectivity index (χ1v) is 9.47. The highest BCUT2D eigenvalue weighted by Gasteiger charge is 2.47. The lowest BCUT2D eigenvalue weighted by molar-refractivity contribution is -0.125. The Morgan fingerprint density at radius 2 is 1.64 bits per heavy atom. The van der Waals surface area contributed by atoms with Crippen LogP contribution in [0.5, 0.6) is 5.75 Å². The molecule has 1 aliphatic carbocycles. The van der Waals surface area contributed by atoms with Gasteiger partial charge in [-0.15, -0.1) is 0 Å². The number of nitrogens with zero attached hydrogens (tertiary/aromatic N) is 1. The van der Waals surface area contributed by atoms with Gasteiger partial charge in [-0.05, 0) is 54.8 Å². The maximum atomic E-state index is 12.4. The lowest BCUT2D eigenvalue weighted by Gasteiger charge is -2.13. The second-order valence-corrected chi connectivity index (χ2v) is 7.27. The van der Waals surface area contributed by atoms with Crippen molar-refractivity contribution in [3.05, 3.63) is 54.1 Å². The van der Waals surface area contributed by atoms with Crippen LogP contribution < -0.4 is 20.3 Å². The molecule has 0 radical (unpaired) electrons. The van der Waals surface area contributed by atoms with Gasteiger partial charge in [0.15, 0.2) is 0 Å². The van der Waals surface area contributed by atoms with E-state index in [2.05, 4.69) is 10.6 Å². The van der Waals surface area contributed by atoms with Gasteiger partial charge in [0.2, 0.25) is 11.8 Å². The summed E-state index contributed by atoms with van der Waals surface area (Å²) in [5.74, 6) is 0.215. The summed E-state index contributed by atoms with van der Waals surface area (Å²) < 4.78 is 5.13. The highest BCUT2D eigenvalue weighted by atomic mass is 16.5. The Kier molecular flexibility index (Phi) is 6.19. The number of hydrogen-bond acceptors (Lipinski definition) is 4. The summed E-state index contributed by atoms with van der Waals surface area (Å²) in [6, 6.07) is 15.4. The molecule has 2 amide bonds. The van der Waals surface area contributed by atoms with E-state index in [0.29, 0.717) is 13.0 Å². The van der Waals surface area contributed by atoms with Crippen LogP contribution in [0.15, 0.2) is 48.5 Å². The van der Waals surface area contributed by atoms with Gasteiger partial charge in [-0.2, -0.15) is 0 Å². The molecule has 6 heteroatoms. The average Bonchev–Trinajstić information content (AvgIpc) is 3.50. The van der Waals surface area contributed by atoms with Gasteiger partial charge >= 0.3 is 0 Å². The van der Waals surface area contributed by atoms with Crippen LogP contribution in [0.4, 0.5) is 11.4 Å². The lowest BCUT2D eigenvalue weighted by atomic mass is 10.1. The minimum atomic E-state index is -0.241. The second-order valence-electron chi connectivity index (χ2n) is 7.27. The highest BCUT2D eigenvalue weighted by molar-refractivity contribution is 5.99. The van der Waals surface area contributed by atoms with Crippen molar-refractivity contribution in [2.24, 2.45) is 11.8 Å². The number of benzene rings is 2. The van der Waals surface area contributed by atoms with Crippen molar-refractivity contribution in [1.82, 2.24) is 5.32 Å². The Hall–Kier alpha value is -3.02. The highest BCUT2D eigenvalue weighted by Crippen LogP contribution is 2.39. The quantitative estimate of drug-likeness (QED) is 0.738. The molecule has 1 aliphatic rings. The summed E-state index contributed by atoms with van der Waals surface area (Å²) in [6.07, 6.45) is 1.35. The molecule has 0 saturated heterocycles. The molecule has 0 spiro atoms. The smallest absolute Gasteiger partial charge is 0.228 e. The van der Waals surface area contributed by atoms with Gasteiger partial charge in [0.1, 0.15) is 5.75 Å². The van der Waals surface area contributed by atoms with Crippen molar-refractivity contribution in [1.29, 1.82) is 0 Å². The molecule has 2 atom stereocenters. The van der Waals surface area contributed by atoms with Crippen molar-refractivity contribution in [3.8, 4) is 5.75 Å². The van der Waals surface area contributed by atoms with Gasteiger partial charge in [-0.1, -0.05) is 12.1 Å². The number of carbonyl (C=O) groups excluding carboxylic acids is 2. The molecule has 148 valence electrons. The van der Waals surface area contributed by atoms with Crippen LogP contribution >= 0.6 is 0 Å². The predicted molar refractivity (Wildman–Crippen MR) is 111 cm³/mol. The van der Waals surface area contributed by atoms with E-state index in [4.69, 9.17) is 4.74 Å². The molecule has 1 fully saturated rings. The first-order valence-electron chi connectivity index (χ1n) is 9.47. The van der Waals surface area contributed by atoms with Gasteiger partial charge in [-0.25, -0.2) is 0 Å². The normalized spacial score (nSPS) is 17.5. The minimum Gasteiger partial charge on any atom is -0.497 e. The van der Waals surface area contributed by atoms with Crippen LogP contribution in [0.25, 0.3) is 0 Å². The Morgan fingerprint density at radius 3 is 2.25 bits per heavy atom. The van der Waals surface area contributed by atoms with Gasteiger partial charge in [0, 0.05) is 32.0 Å². The molecule has 6 nitrogen and oxygen atoms in total. The molecule has 2 aromatic carbocycles. The maximum Gasteiger partial charge on any atom is 0.228 e. The lowest BCUT2D eigenvalue weighted by Crippen LogP contribution is -2.29. The standard InChI is InChI=1S/C22H27N3O3/c1-25(2)17-8-6-16(7-9-17)24-22(27)20-14-19(20)21(26)23-13-12-15-4-10-18(28-3)11-5-15/h4-11,19-20H,12-14H2,1-3H3,(H,23,26)(H,24,27). The zero-order chi connectivity index (χ0) is 20.1. The molecule has 0 aromatic heterocycles. The van der Waals surface area contributed by atoms with Crippen molar-refractivity contribution in [2.75, 3.05) is 38.0 Å². The molecule has 1 saturated carbocycles. The fourth-order valence-corrected chi connectivity index (χ4v) is 3.11. The fourth-order valence-electron chi connectivity index (χ4n) is 3.11. The molecule has 0 bridgehead atoms. The summed E-state index contributed by atoms with van der Waals surface area (Å²) in [7, 11) is 5.57. The molecule has 3 rings (SSSR count). The molecule has 2 aromatic rings. The number of hydrogen-bond donors (Lipinski definition) is 2. The topological polar surface area (TPSA) is 70.7 Å². The number of methoxy groups -OCH3 is 1. The number of ether oxygens (including phenoxy) is 1. The van der Waals surface area contributed by atoms with Gasteiger partial charge in [0.05, 0.1) is 18.9 Å². The first kappa shape index (κ1) is 19.7. The number of nitrogens with one attached hydrogen (secondary N) is 2. The molecule has 28 heavy (non-hydrogen) atoms. The van der Waals surface area contributed by atoms with E-state index in [9.17, 15) is 9.59 Å². The van der Waals surface area contributed by atoms with Crippen LogP contribution in [0, 0.1) is 11.8 Å². The van der Waals surface area contributed by atoms with Crippen LogP contribution in [-0.4, -0.2) is 39.6 Å². The zero-order valence-corrected chi connectivity index (χ0v) is 16.6. The van der Waals surface area contributed by atoms with Crippen molar-refractivity contribution in [2.45, 2.75) is 12.8 Å². The number of anilines is 2.